The summed E-state index contributed by atoms with van der Waals surface area (Å²) in [5.41, 5.74) is 3.50. The number of aryl methyl sites for hydroxylation is 1. The molecule has 1 aromatic carbocycles. The molecule has 1 heteroatoms. The van der Waals surface area contributed by atoms with Crippen molar-refractivity contribution in [3.63, 3.8) is 0 Å². The SMILES string of the molecule is Oc1ccc2c(c1)CCC1(CCCC1)C2. The van der Waals surface area contributed by atoms with E-state index in [0.29, 0.717) is 11.2 Å². The lowest BCUT2D eigenvalue weighted by atomic mass is 9.70. The van der Waals surface area contributed by atoms with Crippen molar-refractivity contribution >= 4 is 0 Å². The zero-order valence-corrected chi connectivity index (χ0v) is 9.13. The highest BCUT2D eigenvalue weighted by Gasteiger charge is 2.36. The third-order valence-electron chi connectivity index (χ3n) is 4.34. The molecule has 0 aromatic heterocycles. The number of fused-ring (bicyclic) bond motifs is 1. The van der Waals surface area contributed by atoms with Crippen LogP contribution >= 0.6 is 0 Å². The van der Waals surface area contributed by atoms with Gasteiger partial charge in [0.1, 0.15) is 5.75 Å². The second-order valence-corrected chi connectivity index (χ2v) is 5.34. The average Bonchev–Trinajstić information content (AvgIpc) is 2.67. The molecule has 0 atom stereocenters. The maximum Gasteiger partial charge on any atom is 0.115 e. The molecule has 80 valence electrons. The summed E-state index contributed by atoms with van der Waals surface area (Å²) in [6.45, 7) is 0. The van der Waals surface area contributed by atoms with Gasteiger partial charge in [0, 0.05) is 0 Å². The van der Waals surface area contributed by atoms with Crippen molar-refractivity contribution in [2.75, 3.05) is 0 Å². The molecule has 0 bridgehead atoms. The number of benzene rings is 1. The van der Waals surface area contributed by atoms with Gasteiger partial charge >= 0.3 is 0 Å². The topological polar surface area (TPSA) is 20.2 Å². The molecule has 0 aliphatic heterocycles. The zero-order chi connectivity index (χ0) is 10.3. The molecule has 0 amide bonds. The van der Waals surface area contributed by atoms with Gasteiger partial charge in [-0.3, -0.25) is 0 Å². The Balaban J connectivity index is 1.93. The summed E-state index contributed by atoms with van der Waals surface area (Å²) in [5.74, 6) is 0.427. The van der Waals surface area contributed by atoms with Crippen LogP contribution in [-0.4, -0.2) is 5.11 Å². The van der Waals surface area contributed by atoms with Crippen molar-refractivity contribution in [1.82, 2.24) is 0 Å². The summed E-state index contributed by atoms with van der Waals surface area (Å²) >= 11 is 0. The lowest BCUT2D eigenvalue weighted by molar-refractivity contribution is 0.254. The minimum atomic E-state index is 0.427. The second-order valence-electron chi connectivity index (χ2n) is 5.34. The van der Waals surface area contributed by atoms with Gasteiger partial charge in [-0.15, -0.1) is 0 Å². The molecule has 1 spiro atoms. The van der Waals surface area contributed by atoms with E-state index < -0.39 is 0 Å². The molecule has 1 aromatic rings. The summed E-state index contributed by atoms with van der Waals surface area (Å²) < 4.78 is 0. The molecular formula is C14H18O. The van der Waals surface area contributed by atoms with E-state index in [4.69, 9.17) is 0 Å². The molecule has 15 heavy (non-hydrogen) atoms. The first-order chi connectivity index (χ1) is 7.27. The van der Waals surface area contributed by atoms with Gasteiger partial charge in [-0.1, -0.05) is 18.9 Å². The van der Waals surface area contributed by atoms with E-state index in [-0.39, 0.29) is 0 Å². The van der Waals surface area contributed by atoms with Gasteiger partial charge in [0.15, 0.2) is 0 Å². The standard InChI is InChI=1S/C14H18O/c15-13-4-3-12-10-14(6-1-2-7-14)8-5-11(12)9-13/h3-4,9,15H,1-2,5-8,10H2. The fourth-order valence-electron chi connectivity index (χ4n) is 3.46. The van der Waals surface area contributed by atoms with E-state index in [1.54, 1.807) is 0 Å². The minimum Gasteiger partial charge on any atom is -0.508 e. The van der Waals surface area contributed by atoms with Crippen LogP contribution < -0.4 is 0 Å². The highest BCUT2D eigenvalue weighted by Crippen LogP contribution is 2.47. The Morgan fingerprint density at radius 3 is 2.60 bits per heavy atom. The Kier molecular flexibility index (Phi) is 2.01. The Bertz CT molecular complexity index is 375. The van der Waals surface area contributed by atoms with Crippen LogP contribution in [0.1, 0.15) is 43.2 Å². The molecule has 0 heterocycles. The second kappa shape index (κ2) is 3.26. The third-order valence-corrected chi connectivity index (χ3v) is 4.34. The van der Waals surface area contributed by atoms with Gasteiger partial charge in [0.05, 0.1) is 0 Å². The van der Waals surface area contributed by atoms with E-state index in [2.05, 4.69) is 6.07 Å². The molecule has 0 unspecified atom stereocenters. The lowest BCUT2D eigenvalue weighted by Crippen LogP contribution is -2.25. The van der Waals surface area contributed by atoms with Gasteiger partial charge in [-0.25, -0.2) is 0 Å². The molecule has 0 saturated heterocycles. The van der Waals surface area contributed by atoms with Crippen molar-refractivity contribution in [2.24, 2.45) is 5.41 Å². The maximum atomic E-state index is 9.45. The number of hydrogen-bond acceptors (Lipinski definition) is 1. The summed E-state index contributed by atoms with van der Waals surface area (Å²) in [7, 11) is 0. The van der Waals surface area contributed by atoms with Gasteiger partial charge in [0.2, 0.25) is 0 Å². The Labute approximate surface area is 91.1 Å². The van der Waals surface area contributed by atoms with Crippen molar-refractivity contribution in [2.45, 2.75) is 44.9 Å². The summed E-state index contributed by atoms with van der Waals surface area (Å²) in [4.78, 5) is 0. The fraction of sp³-hybridized carbons (Fsp3) is 0.571. The van der Waals surface area contributed by atoms with Crippen LogP contribution in [0.2, 0.25) is 0 Å². The van der Waals surface area contributed by atoms with Crippen LogP contribution in [0.25, 0.3) is 0 Å². The van der Waals surface area contributed by atoms with E-state index in [0.717, 1.165) is 0 Å². The number of rotatable bonds is 0. The highest BCUT2D eigenvalue weighted by atomic mass is 16.3. The molecule has 0 radical (unpaired) electrons. The third kappa shape index (κ3) is 1.54. The predicted octanol–water partition coefficient (Wildman–Crippen LogP) is 3.44. The summed E-state index contributed by atoms with van der Waals surface area (Å²) in [6.07, 6.45) is 9.46. The number of phenols is 1. The van der Waals surface area contributed by atoms with Gasteiger partial charge < -0.3 is 5.11 Å². The largest absolute Gasteiger partial charge is 0.508 e. The Hall–Kier alpha value is -0.980. The van der Waals surface area contributed by atoms with Crippen LogP contribution in [0.5, 0.6) is 5.75 Å². The van der Waals surface area contributed by atoms with E-state index >= 15 is 0 Å². The van der Waals surface area contributed by atoms with E-state index in [1.807, 2.05) is 12.1 Å². The van der Waals surface area contributed by atoms with Crippen LogP contribution in [-0.2, 0) is 12.8 Å². The van der Waals surface area contributed by atoms with Crippen LogP contribution in [0.3, 0.4) is 0 Å². The molecule has 1 nitrogen and oxygen atoms in total. The van der Waals surface area contributed by atoms with Crippen LogP contribution in [0, 0.1) is 5.41 Å². The Morgan fingerprint density at radius 1 is 1.00 bits per heavy atom. The molecule has 2 aliphatic carbocycles. The number of hydrogen-bond donors (Lipinski definition) is 1. The maximum absolute atomic E-state index is 9.45. The lowest BCUT2D eigenvalue weighted by Gasteiger charge is -2.34. The molecule has 2 aliphatic rings. The monoisotopic (exact) mass is 202 g/mol. The molecular weight excluding hydrogens is 184 g/mol. The highest BCUT2D eigenvalue weighted by molar-refractivity contribution is 5.37. The van der Waals surface area contributed by atoms with Crippen molar-refractivity contribution in [3.8, 4) is 5.75 Å². The fourth-order valence-corrected chi connectivity index (χ4v) is 3.46. The van der Waals surface area contributed by atoms with Crippen molar-refractivity contribution in [3.05, 3.63) is 29.3 Å². The molecule has 1 N–H and O–H groups in total. The number of aromatic hydroxyl groups is 1. The first-order valence-corrected chi connectivity index (χ1v) is 6.08. The van der Waals surface area contributed by atoms with Crippen LogP contribution in [0.15, 0.2) is 18.2 Å². The normalized spacial score (nSPS) is 22.9. The molecule has 1 fully saturated rings. The van der Waals surface area contributed by atoms with E-state index in [9.17, 15) is 5.11 Å². The molecule has 3 rings (SSSR count). The average molecular weight is 202 g/mol. The quantitative estimate of drug-likeness (QED) is 0.683. The number of phenolic OH excluding ortho intramolecular Hbond substituents is 1. The smallest absolute Gasteiger partial charge is 0.115 e. The summed E-state index contributed by atoms with van der Waals surface area (Å²) in [6, 6.07) is 5.92. The minimum absolute atomic E-state index is 0.427. The Morgan fingerprint density at radius 2 is 1.80 bits per heavy atom. The first-order valence-electron chi connectivity index (χ1n) is 6.08. The van der Waals surface area contributed by atoms with E-state index in [1.165, 1.54) is 56.1 Å². The van der Waals surface area contributed by atoms with Crippen molar-refractivity contribution < 1.29 is 5.11 Å². The predicted molar refractivity (Wildman–Crippen MR) is 61.0 cm³/mol. The van der Waals surface area contributed by atoms with Crippen molar-refractivity contribution in [1.29, 1.82) is 0 Å². The first kappa shape index (κ1) is 9.26. The van der Waals surface area contributed by atoms with Crippen LogP contribution in [0.4, 0.5) is 0 Å². The van der Waals surface area contributed by atoms with Gasteiger partial charge in [-0.05, 0) is 60.8 Å². The molecule has 1 saturated carbocycles. The zero-order valence-electron chi connectivity index (χ0n) is 9.13. The summed E-state index contributed by atoms with van der Waals surface area (Å²) in [5, 5.41) is 9.45. The van der Waals surface area contributed by atoms with Gasteiger partial charge in [-0.2, -0.15) is 0 Å². The van der Waals surface area contributed by atoms with Gasteiger partial charge in [0.25, 0.3) is 0 Å².